The van der Waals surface area contributed by atoms with Crippen LogP contribution in [0.4, 0.5) is 5.69 Å². The number of amides is 1. The van der Waals surface area contributed by atoms with Crippen LogP contribution < -0.4 is 4.90 Å². The van der Waals surface area contributed by atoms with Crippen LogP contribution in [0.1, 0.15) is 35.8 Å². The average molecular weight is 377 g/mol. The highest BCUT2D eigenvalue weighted by molar-refractivity contribution is 5.82. The zero-order chi connectivity index (χ0) is 19.7. The van der Waals surface area contributed by atoms with Crippen LogP contribution in [-0.2, 0) is 4.79 Å². The Labute approximate surface area is 165 Å². The van der Waals surface area contributed by atoms with Gasteiger partial charge in [-0.05, 0) is 44.7 Å². The molecular weight excluding hydrogens is 350 g/mol. The number of imidazole rings is 1. The molecule has 1 aliphatic rings. The summed E-state index contributed by atoms with van der Waals surface area (Å²) in [5, 5.41) is 0. The van der Waals surface area contributed by atoms with Crippen molar-refractivity contribution in [2.45, 2.75) is 32.6 Å². The molecule has 1 fully saturated rings. The van der Waals surface area contributed by atoms with Crippen molar-refractivity contribution in [3.8, 4) is 0 Å². The van der Waals surface area contributed by atoms with E-state index in [2.05, 4.69) is 9.97 Å². The fraction of sp³-hybridized carbons (Fsp3) is 0.409. The lowest BCUT2D eigenvalue weighted by Gasteiger charge is -2.33. The van der Waals surface area contributed by atoms with Gasteiger partial charge in [0.15, 0.2) is 0 Å². The Morgan fingerprint density at radius 2 is 1.93 bits per heavy atom. The number of benzene rings is 1. The Kier molecular flexibility index (Phi) is 5.03. The average Bonchev–Trinajstić information content (AvgIpc) is 3.11. The molecule has 0 radical (unpaired) electrons. The number of para-hydroxylation sites is 1. The molecule has 0 unspecified atom stereocenters. The first kappa shape index (κ1) is 18.5. The molecule has 0 aliphatic carbocycles. The molecule has 2 aromatic heterocycles. The molecule has 1 aromatic carbocycles. The summed E-state index contributed by atoms with van der Waals surface area (Å²) in [5.74, 6) is 1.51. The molecule has 0 spiro atoms. The van der Waals surface area contributed by atoms with Crippen molar-refractivity contribution < 1.29 is 4.79 Å². The zero-order valence-electron chi connectivity index (χ0n) is 16.8. The molecule has 146 valence electrons. The van der Waals surface area contributed by atoms with E-state index in [0.29, 0.717) is 12.5 Å². The molecule has 1 amide bonds. The van der Waals surface area contributed by atoms with Gasteiger partial charge in [-0.25, -0.2) is 4.98 Å². The van der Waals surface area contributed by atoms with Gasteiger partial charge in [0.25, 0.3) is 0 Å². The molecule has 0 bridgehead atoms. The quantitative estimate of drug-likeness (QED) is 0.757. The van der Waals surface area contributed by atoms with Crippen LogP contribution in [0.25, 0.3) is 11.0 Å². The van der Waals surface area contributed by atoms with Crippen molar-refractivity contribution >= 4 is 22.6 Å². The maximum Gasteiger partial charge on any atom is 0.242 e. The van der Waals surface area contributed by atoms with Crippen molar-refractivity contribution in [2.24, 2.45) is 0 Å². The van der Waals surface area contributed by atoms with Gasteiger partial charge < -0.3 is 14.8 Å². The third-order valence-corrected chi connectivity index (χ3v) is 5.71. The normalized spacial score (nSPS) is 15.2. The first-order valence-corrected chi connectivity index (χ1v) is 9.88. The molecule has 3 heterocycles. The molecule has 1 N–H and O–H groups in total. The maximum absolute atomic E-state index is 12.7. The number of aromatic amines is 1. The van der Waals surface area contributed by atoms with Crippen LogP contribution in [0, 0.1) is 13.8 Å². The fourth-order valence-corrected chi connectivity index (χ4v) is 4.07. The number of likely N-dealkylation sites (tertiary alicyclic amines) is 1. The number of anilines is 1. The fourth-order valence-electron chi connectivity index (χ4n) is 4.07. The number of nitrogens with one attached hydrogen (secondary N) is 1. The summed E-state index contributed by atoms with van der Waals surface area (Å²) in [6, 6.07) is 10.0. The van der Waals surface area contributed by atoms with Crippen LogP contribution >= 0.6 is 0 Å². The van der Waals surface area contributed by atoms with Gasteiger partial charge in [0.05, 0.1) is 23.3 Å². The number of nitrogens with zero attached hydrogens (tertiary/aromatic N) is 4. The summed E-state index contributed by atoms with van der Waals surface area (Å²) in [4.78, 5) is 29.3. The molecule has 0 saturated carbocycles. The molecular formula is C22H27N5O. The van der Waals surface area contributed by atoms with Crippen LogP contribution in [0.2, 0.25) is 0 Å². The molecule has 1 aliphatic heterocycles. The van der Waals surface area contributed by atoms with Gasteiger partial charge in [-0.1, -0.05) is 18.2 Å². The highest BCUT2D eigenvalue weighted by Crippen LogP contribution is 2.32. The summed E-state index contributed by atoms with van der Waals surface area (Å²) < 4.78 is 0. The summed E-state index contributed by atoms with van der Waals surface area (Å²) in [5.41, 5.74) is 5.33. The van der Waals surface area contributed by atoms with E-state index in [0.717, 1.165) is 54.2 Å². The van der Waals surface area contributed by atoms with Crippen LogP contribution in [0.15, 0.2) is 36.5 Å². The van der Waals surface area contributed by atoms with E-state index in [-0.39, 0.29) is 5.91 Å². The topological polar surface area (TPSA) is 65.1 Å². The first-order valence-electron chi connectivity index (χ1n) is 9.88. The number of hydrogen-bond acceptors (Lipinski definition) is 4. The number of hydrogen-bond donors (Lipinski definition) is 1. The lowest BCUT2D eigenvalue weighted by Crippen LogP contribution is -2.43. The van der Waals surface area contributed by atoms with Crippen LogP contribution in [0.5, 0.6) is 0 Å². The third kappa shape index (κ3) is 3.59. The molecule has 6 nitrogen and oxygen atoms in total. The standard InChI is InChI=1S/C22H27N5O/c1-15-21-22(25-16(2)24-21)19(13-23-15)17-9-11-27(12-10-17)20(28)14-26(3)18-7-5-4-6-8-18/h4-8,13,17H,9-12,14H2,1-3H3,(H,24,25). The molecule has 0 atom stereocenters. The predicted molar refractivity (Wildman–Crippen MR) is 112 cm³/mol. The second kappa shape index (κ2) is 7.62. The van der Waals surface area contributed by atoms with Gasteiger partial charge in [-0.15, -0.1) is 0 Å². The van der Waals surface area contributed by atoms with Crippen molar-refractivity contribution in [3.63, 3.8) is 0 Å². The number of pyridine rings is 1. The zero-order valence-corrected chi connectivity index (χ0v) is 16.8. The Morgan fingerprint density at radius 3 is 2.64 bits per heavy atom. The van der Waals surface area contributed by atoms with E-state index in [4.69, 9.17) is 4.98 Å². The maximum atomic E-state index is 12.7. The lowest BCUT2D eigenvalue weighted by atomic mass is 9.89. The number of carbonyl (C=O) groups excluding carboxylic acids is 1. The van der Waals surface area contributed by atoms with Gasteiger partial charge in [0.2, 0.25) is 5.91 Å². The molecule has 3 aromatic rings. The lowest BCUT2D eigenvalue weighted by molar-refractivity contribution is -0.130. The van der Waals surface area contributed by atoms with Gasteiger partial charge >= 0.3 is 0 Å². The van der Waals surface area contributed by atoms with E-state index < -0.39 is 0 Å². The Hall–Kier alpha value is -2.89. The van der Waals surface area contributed by atoms with Gasteiger partial charge in [-0.3, -0.25) is 9.78 Å². The predicted octanol–water partition coefficient (Wildman–Crippen LogP) is 3.42. The Bertz CT molecular complexity index is 973. The number of fused-ring (bicyclic) bond motifs is 1. The minimum absolute atomic E-state index is 0.188. The van der Waals surface area contributed by atoms with Crippen molar-refractivity contribution in [1.29, 1.82) is 0 Å². The minimum Gasteiger partial charge on any atom is -0.365 e. The van der Waals surface area contributed by atoms with Crippen molar-refractivity contribution in [3.05, 3.63) is 53.6 Å². The van der Waals surface area contributed by atoms with E-state index in [1.165, 1.54) is 5.56 Å². The number of piperidine rings is 1. The highest BCUT2D eigenvalue weighted by Gasteiger charge is 2.26. The van der Waals surface area contributed by atoms with Crippen LogP contribution in [-0.4, -0.2) is 52.4 Å². The molecule has 1 saturated heterocycles. The van der Waals surface area contributed by atoms with E-state index in [1.807, 2.05) is 67.2 Å². The third-order valence-electron chi connectivity index (χ3n) is 5.71. The number of rotatable bonds is 4. The number of carbonyl (C=O) groups is 1. The van der Waals surface area contributed by atoms with E-state index in [9.17, 15) is 4.79 Å². The van der Waals surface area contributed by atoms with E-state index >= 15 is 0 Å². The summed E-state index contributed by atoms with van der Waals surface area (Å²) in [6.45, 7) is 5.96. The monoisotopic (exact) mass is 377 g/mol. The van der Waals surface area contributed by atoms with Crippen molar-refractivity contribution in [2.75, 3.05) is 31.6 Å². The Balaban J connectivity index is 1.41. The van der Waals surface area contributed by atoms with Crippen LogP contribution in [0.3, 0.4) is 0 Å². The van der Waals surface area contributed by atoms with Crippen molar-refractivity contribution in [1.82, 2.24) is 19.9 Å². The van der Waals surface area contributed by atoms with Gasteiger partial charge in [0.1, 0.15) is 5.82 Å². The summed E-state index contributed by atoms with van der Waals surface area (Å²) in [6.07, 6.45) is 3.88. The summed E-state index contributed by atoms with van der Waals surface area (Å²) in [7, 11) is 1.97. The summed E-state index contributed by atoms with van der Waals surface area (Å²) >= 11 is 0. The number of aryl methyl sites for hydroxylation is 2. The second-order valence-electron chi connectivity index (χ2n) is 7.69. The largest absolute Gasteiger partial charge is 0.365 e. The van der Waals surface area contributed by atoms with E-state index in [1.54, 1.807) is 0 Å². The number of H-pyrrole nitrogens is 1. The first-order chi connectivity index (χ1) is 13.5. The Morgan fingerprint density at radius 1 is 1.21 bits per heavy atom. The second-order valence-corrected chi connectivity index (χ2v) is 7.69. The number of likely N-dealkylation sites (N-methyl/N-ethyl adjacent to an activating group) is 1. The van der Waals surface area contributed by atoms with Gasteiger partial charge in [-0.2, -0.15) is 0 Å². The number of aromatic nitrogens is 3. The molecule has 6 heteroatoms. The smallest absolute Gasteiger partial charge is 0.242 e. The highest BCUT2D eigenvalue weighted by atomic mass is 16.2. The molecule has 4 rings (SSSR count). The van der Waals surface area contributed by atoms with Gasteiger partial charge in [0, 0.05) is 37.6 Å². The SMILES string of the molecule is Cc1nc2c(C3CCN(C(=O)CN(C)c4ccccc4)CC3)cnc(C)c2[nH]1. The minimum atomic E-state index is 0.188. The molecule has 28 heavy (non-hydrogen) atoms.